The second-order valence-corrected chi connectivity index (χ2v) is 8.36. The molecule has 2 N–H and O–H groups in total. The van der Waals surface area contributed by atoms with Gasteiger partial charge in [0.2, 0.25) is 15.9 Å². The SMILES string of the molecule is Cc1cc(C)n(-c2ccc(NC(=O)[C@H](C)NS(=O)(=O)c3ccccc3)cc2F)n1. The number of carbonyl (C=O) groups is 1. The van der Waals surface area contributed by atoms with Gasteiger partial charge in [0, 0.05) is 11.4 Å². The van der Waals surface area contributed by atoms with Crippen molar-refractivity contribution in [3.63, 3.8) is 0 Å². The van der Waals surface area contributed by atoms with Crippen LogP contribution < -0.4 is 10.0 Å². The molecule has 0 unspecified atom stereocenters. The van der Waals surface area contributed by atoms with Crippen molar-refractivity contribution < 1.29 is 17.6 Å². The first-order valence-corrected chi connectivity index (χ1v) is 10.4. The Morgan fingerprint density at radius 1 is 1.10 bits per heavy atom. The number of carbonyl (C=O) groups excluding carboxylic acids is 1. The van der Waals surface area contributed by atoms with Crippen LogP contribution in [-0.2, 0) is 14.8 Å². The molecule has 0 aliphatic rings. The molecule has 3 aromatic rings. The third-order valence-corrected chi connectivity index (χ3v) is 5.79. The number of nitrogens with one attached hydrogen (secondary N) is 2. The van der Waals surface area contributed by atoms with Crippen LogP contribution in [0, 0.1) is 19.7 Å². The number of rotatable bonds is 6. The summed E-state index contributed by atoms with van der Waals surface area (Å²) in [5.74, 6) is -1.17. The molecule has 0 fully saturated rings. The van der Waals surface area contributed by atoms with Gasteiger partial charge in [0.1, 0.15) is 5.69 Å². The normalized spacial score (nSPS) is 12.6. The number of sulfonamides is 1. The highest BCUT2D eigenvalue weighted by Gasteiger charge is 2.22. The molecule has 152 valence electrons. The first kappa shape index (κ1) is 20.7. The van der Waals surface area contributed by atoms with Crippen LogP contribution in [-0.4, -0.2) is 30.1 Å². The van der Waals surface area contributed by atoms with Crippen LogP contribution in [0.2, 0.25) is 0 Å². The Morgan fingerprint density at radius 2 is 1.79 bits per heavy atom. The molecule has 0 saturated carbocycles. The average molecular weight is 416 g/mol. The molecule has 0 bridgehead atoms. The quantitative estimate of drug-likeness (QED) is 0.646. The summed E-state index contributed by atoms with van der Waals surface area (Å²) < 4.78 is 43.0. The molecule has 0 aliphatic carbocycles. The number of aromatic nitrogens is 2. The van der Waals surface area contributed by atoms with E-state index < -0.39 is 27.8 Å². The third kappa shape index (κ3) is 4.69. The van der Waals surface area contributed by atoms with Gasteiger partial charge < -0.3 is 5.32 Å². The predicted octanol–water partition coefficient (Wildman–Crippen LogP) is 2.93. The number of amides is 1. The van der Waals surface area contributed by atoms with E-state index in [-0.39, 0.29) is 16.3 Å². The van der Waals surface area contributed by atoms with E-state index in [1.54, 1.807) is 18.2 Å². The summed E-state index contributed by atoms with van der Waals surface area (Å²) in [4.78, 5) is 12.4. The molecule has 1 atom stereocenters. The van der Waals surface area contributed by atoms with E-state index in [1.165, 1.54) is 41.9 Å². The van der Waals surface area contributed by atoms with Crippen LogP contribution in [0.3, 0.4) is 0 Å². The van der Waals surface area contributed by atoms with E-state index in [4.69, 9.17) is 0 Å². The van der Waals surface area contributed by atoms with Gasteiger partial charge >= 0.3 is 0 Å². The molecule has 3 rings (SSSR count). The van der Waals surface area contributed by atoms with Crippen LogP contribution in [0.15, 0.2) is 59.5 Å². The average Bonchev–Trinajstić information content (AvgIpc) is 3.00. The minimum absolute atomic E-state index is 0.0555. The summed E-state index contributed by atoms with van der Waals surface area (Å²) in [5, 5.41) is 6.76. The Balaban J connectivity index is 1.72. The Morgan fingerprint density at radius 3 is 2.38 bits per heavy atom. The van der Waals surface area contributed by atoms with Crippen molar-refractivity contribution in [1.82, 2.24) is 14.5 Å². The molecule has 7 nitrogen and oxygen atoms in total. The summed E-state index contributed by atoms with van der Waals surface area (Å²) >= 11 is 0. The van der Waals surface area contributed by atoms with E-state index >= 15 is 0 Å². The smallest absolute Gasteiger partial charge is 0.242 e. The van der Waals surface area contributed by atoms with E-state index in [0.29, 0.717) is 0 Å². The highest BCUT2D eigenvalue weighted by atomic mass is 32.2. The molecule has 1 amide bonds. The van der Waals surface area contributed by atoms with Crippen LogP contribution in [0.5, 0.6) is 0 Å². The molecule has 0 spiro atoms. The van der Waals surface area contributed by atoms with E-state index in [2.05, 4.69) is 15.1 Å². The van der Waals surface area contributed by atoms with Gasteiger partial charge in [-0.25, -0.2) is 17.5 Å². The van der Waals surface area contributed by atoms with Gasteiger partial charge in [-0.1, -0.05) is 18.2 Å². The van der Waals surface area contributed by atoms with E-state index in [0.717, 1.165) is 11.4 Å². The number of hydrogen-bond donors (Lipinski definition) is 2. The fourth-order valence-corrected chi connectivity index (χ4v) is 4.06. The Labute approximate surface area is 168 Å². The van der Waals surface area contributed by atoms with Crippen molar-refractivity contribution in [3.05, 3.63) is 71.8 Å². The molecular formula is C20H21FN4O3S. The number of benzene rings is 2. The predicted molar refractivity (Wildman–Crippen MR) is 108 cm³/mol. The third-order valence-electron chi connectivity index (χ3n) is 4.23. The zero-order valence-corrected chi connectivity index (χ0v) is 17.0. The lowest BCUT2D eigenvalue weighted by Gasteiger charge is -2.15. The van der Waals surface area contributed by atoms with Crippen molar-refractivity contribution in [2.24, 2.45) is 0 Å². The van der Waals surface area contributed by atoms with Crippen molar-refractivity contribution in [1.29, 1.82) is 0 Å². The van der Waals surface area contributed by atoms with Gasteiger partial charge in [-0.15, -0.1) is 0 Å². The Bertz CT molecular complexity index is 1140. The molecule has 0 aliphatic heterocycles. The zero-order valence-electron chi connectivity index (χ0n) is 16.2. The molecular weight excluding hydrogens is 395 g/mol. The maximum absolute atomic E-state index is 14.5. The lowest BCUT2D eigenvalue weighted by atomic mass is 10.2. The minimum atomic E-state index is -3.85. The summed E-state index contributed by atoms with van der Waals surface area (Å²) in [6.45, 7) is 5.04. The highest BCUT2D eigenvalue weighted by molar-refractivity contribution is 7.89. The Kier molecular flexibility index (Phi) is 5.81. The monoisotopic (exact) mass is 416 g/mol. The second-order valence-electron chi connectivity index (χ2n) is 6.65. The van der Waals surface area contributed by atoms with Gasteiger partial charge in [0.25, 0.3) is 0 Å². The topological polar surface area (TPSA) is 93.1 Å². The summed E-state index contributed by atoms with van der Waals surface area (Å²) in [7, 11) is -3.85. The largest absolute Gasteiger partial charge is 0.325 e. The van der Waals surface area contributed by atoms with Crippen molar-refractivity contribution >= 4 is 21.6 Å². The Hall–Kier alpha value is -3.04. The van der Waals surface area contributed by atoms with E-state index in [1.807, 2.05) is 19.9 Å². The van der Waals surface area contributed by atoms with Gasteiger partial charge in [-0.05, 0) is 57.2 Å². The number of anilines is 1. The van der Waals surface area contributed by atoms with Gasteiger partial charge in [0.15, 0.2) is 5.82 Å². The molecule has 1 heterocycles. The first-order chi connectivity index (χ1) is 13.7. The number of halogens is 1. The summed E-state index contributed by atoms with van der Waals surface area (Å²) in [6.07, 6.45) is 0. The lowest BCUT2D eigenvalue weighted by molar-refractivity contribution is -0.117. The number of nitrogens with zero attached hydrogens (tertiary/aromatic N) is 2. The maximum atomic E-state index is 14.5. The van der Waals surface area contributed by atoms with Crippen molar-refractivity contribution in [2.45, 2.75) is 31.7 Å². The first-order valence-electron chi connectivity index (χ1n) is 8.89. The fourth-order valence-electron chi connectivity index (χ4n) is 2.83. The molecule has 0 radical (unpaired) electrons. The van der Waals surface area contributed by atoms with Gasteiger partial charge in [-0.2, -0.15) is 9.82 Å². The maximum Gasteiger partial charge on any atom is 0.242 e. The van der Waals surface area contributed by atoms with Gasteiger partial charge in [-0.3, -0.25) is 4.79 Å². The fraction of sp³-hybridized carbons (Fsp3) is 0.200. The van der Waals surface area contributed by atoms with Crippen LogP contribution >= 0.6 is 0 Å². The van der Waals surface area contributed by atoms with Gasteiger partial charge in [0.05, 0.1) is 16.6 Å². The summed E-state index contributed by atoms with van der Waals surface area (Å²) in [5.41, 5.74) is 2.01. The van der Waals surface area contributed by atoms with Crippen molar-refractivity contribution in [2.75, 3.05) is 5.32 Å². The van der Waals surface area contributed by atoms with Crippen LogP contribution in [0.4, 0.5) is 10.1 Å². The second kappa shape index (κ2) is 8.14. The van der Waals surface area contributed by atoms with Crippen molar-refractivity contribution in [3.8, 4) is 5.69 Å². The molecule has 0 saturated heterocycles. The molecule has 29 heavy (non-hydrogen) atoms. The molecule has 2 aromatic carbocycles. The van der Waals surface area contributed by atoms with Crippen LogP contribution in [0.25, 0.3) is 5.69 Å². The minimum Gasteiger partial charge on any atom is -0.325 e. The molecule has 9 heteroatoms. The zero-order chi connectivity index (χ0) is 21.2. The number of aryl methyl sites for hydroxylation is 2. The van der Waals surface area contributed by atoms with Crippen LogP contribution in [0.1, 0.15) is 18.3 Å². The van der Waals surface area contributed by atoms with E-state index in [9.17, 15) is 17.6 Å². The summed E-state index contributed by atoms with van der Waals surface area (Å²) in [6, 6.07) is 12.7. The number of hydrogen-bond acceptors (Lipinski definition) is 4. The highest BCUT2D eigenvalue weighted by Crippen LogP contribution is 2.20. The lowest BCUT2D eigenvalue weighted by Crippen LogP contribution is -2.41. The standard InChI is InChI=1S/C20H21FN4O3S/c1-13-11-14(2)25(23-13)19-10-9-16(12-18(19)21)22-20(26)15(3)24-29(27,28)17-7-5-4-6-8-17/h4-12,15,24H,1-3H3,(H,22,26)/t15-/m0/s1. The molecule has 1 aromatic heterocycles.